The summed E-state index contributed by atoms with van der Waals surface area (Å²) in [6.07, 6.45) is 10.2. The summed E-state index contributed by atoms with van der Waals surface area (Å²) in [6, 6.07) is 22.7. The second-order valence-electron chi connectivity index (χ2n) is 12.2. The van der Waals surface area contributed by atoms with E-state index in [0.717, 1.165) is 75.5 Å². The van der Waals surface area contributed by atoms with Crippen molar-refractivity contribution >= 4 is 11.9 Å². The number of para-hydroxylation sites is 1. The molecule has 0 aromatic heterocycles. The first-order valence-electron chi connectivity index (χ1n) is 15.7. The number of hydrogen-bond donors (Lipinski definition) is 2. The number of benzene rings is 3. The minimum absolute atomic E-state index is 0.240. The molecule has 3 aromatic rings. The van der Waals surface area contributed by atoms with E-state index in [1.165, 1.54) is 22.3 Å². The van der Waals surface area contributed by atoms with E-state index < -0.39 is 11.9 Å². The van der Waals surface area contributed by atoms with Crippen LogP contribution in [0.1, 0.15) is 122 Å². The second-order valence-corrected chi connectivity index (χ2v) is 12.2. The SMILES string of the molecule is CC(C)c1ccc(COc2ccccc2CC[C@H](CCCCCCC(=O)O)[C@@H]2CCCc3cc(C(=O)O)ccc32)cc1. The zero-order chi connectivity index (χ0) is 29.9. The van der Waals surface area contributed by atoms with Crippen molar-refractivity contribution in [2.75, 3.05) is 0 Å². The Kier molecular flexibility index (Phi) is 11.6. The number of aliphatic carboxylic acids is 1. The quantitative estimate of drug-likeness (QED) is 0.168. The number of aryl methyl sites for hydroxylation is 2. The molecule has 0 aliphatic heterocycles. The molecule has 0 fully saturated rings. The number of fused-ring (bicyclic) bond motifs is 1. The van der Waals surface area contributed by atoms with Crippen molar-refractivity contribution in [2.45, 2.75) is 103 Å². The lowest BCUT2D eigenvalue weighted by Gasteiger charge is -2.33. The lowest BCUT2D eigenvalue weighted by Crippen LogP contribution is -2.20. The van der Waals surface area contributed by atoms with Crippen molar-refractivity contribution in [1.82, 2.24) is 0 Å². The zero-order valence-corrected chi connectivity index (χ0v) is 25.2. The molecule has 224 valence electrons. The predicted octanol–water partition coefficient (Wildman–Crippen LogP) is 9.18. The van der Waals surface area contributed by atoms with Gasteiger partial charge in [-0.25, -0.2) is 4.79 Å². The van der Waals surface area contributed by atoms with Gasteiger partial charge in [-0.3, -0.25) is 4.79 Å². The van der Waals surface area contributed by atoms with Gasteiger partial charge in [0.05, 0.1) is 5.56 Å². The molecule has 0 amide bonds. The van der Waals surface area contributed by atoms with Crippen LogP contribution in [-0.2, 0) is 24.2 Å². The molecule has 3 aromatic carbocycles. The minimum atomic E-state index is -0.870. The van der Waals surface area contributed by atoms with E-state index in [4.69, 9.17) is 9.84 Å². The number of hydrogen-bond acceptors (Lipinski definition) is 3. The van der Waals surface area contributed by atoms with E-state index in [-0.39, 0.29) is 6.42 Å². The summed E-state index contributed by atoms with van der Waals surface area (Å²) in [7, 11) is 0. The van der Waals surface area contributed by atoms with Crippen LogP contribution in [0.2, 0.25) is 0 Å². The van der Waals surface area contributed by atoms with Gasteiger partial charge in [0.2, 0.25) is 0 Å². The lowest BCUT2D eigenvalue weighted by molar-refractivity contribution is -0.137. The third kappa shape index (κ3) is 8.95. The smallest absolute Gasteiger partial charge is 0.335 e. The Balaban J connectivity index is 1.45. The summed E-state index contributed by atoms with van der Waals surface area (Å²) >= 11 is 0. The summed E-state index contributed by atoms with van der Waals surface area (Å²) in [5, 5.41) is 18.5. The van der Waals surface area contributed by atoms with E-state index in [9.17, 15) is 14.7 Å². The molecule has 0 unspecified atom stereocenters. The molecule has 0 saturated carbocycles. The molecule has 0 saturated heterocycles. The summed E-state index contributed by atoms with van der Waals surface area (Å²) in [5.41, 5.74) is 6.58. The van der Waals surface area contributed by atoms with Gasteiger partial charge >= 0.3 is 11.9 Å². The maximum Gasteiger partial charge on any atom is 0.335 e. The van der Waals surface area contributed by atoms with Crippen LogP contribution in [0.25, 0.3) is 0 Å². The van der Waals surface area contributed by atoms with Crippen molar-refractivity contribution in [1.29, 1.82) is 0 Å². The highest BCUT2D eigenvalue weighted by Crippen LogP contribution is 2.42. The fraction of sp³-hybridized carbons (Fsp3) is 0.459. The maximum absolute atomic E-state index is 11.6. The Morgan fingerprint density at radius 1 is 0.905 bits per heavy atom. The third-order valence-electron chi connectivity index (χ3n) is 8.83. The molecule has 0 heterocycles. The summed E-state index contributed by atoms with van der Waals surface area (Å²) in [5.74, 6) is 0.729. The van der Waals surface area contributed by atoms with E-state index in [0.29, 0.717) is 29.9 Å². The largest absolute Gasteiger partial charge is 0.489 e. The van der Waals surface area contributed by atoms with Gasteiger partial charge in [-0.15, -0.1) is 0 Å². The number of carbonyl (C=O) groups is 2. The molecule has 2 atom stereocenters. The van der Waals surface area contributed by atoms with Crippen molar-refractivity contribution in [3.63, 3.8) is 0 Å². The van der Waals surface area contributed by atoms with Gasteiger partial charge in [-0.2, -0.15) is 0 Å². The zero-order valence-electron chi connectivity index (χ0n) is 25.2. The van der Waals surface area contributed by atoms with E-state index in [1.807, 2.05) is 12.1 Å². The molecule has 5 heteroatoms. The summed E-state index contributed by atoms with van der Waals surface area (Å²) in [4.78, 5) is 22.5. The number of carboxylic acids is 2. The second kappa shape index (κ2) is 15.6. The fourth-order valence-electron chi connectivity index (χ4n) is 6.41. The fourth-order valence-corrected chi connectivity index (χ4v) is 6.41. The molecule has 1 aliphatic carbocycles. The first kappa shape index (κ1) is 31.3. The molecular weight excluding hydrogens is 524 g/mol. The normalized spacial score (nSPS) is 15.3. The van der Waals surface area contributed by atoms with Crippen molar-refractivity contribution in [2.24, 2.45) is 5.92 Å². The van der Waals surface area contributed by atoms with Crippen LogP contribution < -0.4 is 4.74 Å². The molecule has 0 bridgehead atoms. The van der Waals surface area contributed by atoms with Crippen LogP contribution in [0.15, 0.2) is 66.7 Å². The Morgan fingerprint density at radius 2 is 1.67 bits per heavy atom. The summed E-state index contributed by atoms with van der Waals surface area (Å²) < 4.78 is 6.33. The molecule has 4 rings (SSSR count). The topological polar surface area (TPSA) is 83.8 Å². The molecular formula is C37H46O5. The Morgan fingerprint density at radius 3 is 2.40 bits per heavy atom. The third-order valence-corrected chi connectivity index (χ3v) is 8.83. The molecule has 5 nitrogen and oxygen atoms in total. The van der Waals surface area contributed by atoms with Gasteiger partial charge in [0.25, 0.3) is 0 Å². The van der Waals surface area contributed by atoms with E-state index >= 15 is 0 Å². The average molecular weight is 571 g/mol. The number of carboxylic acid groups (broad SMARTS) is 2. The van der Waals surface area contributed by atoms with Gasteiger partial charge < -0.3 is 14.9 Å². The van der Waals surface area contributed by atoms with Crippen LogP contribution in [0.4, 0.5) is 0 Å². The Bertz CT molecular complexity index is 1310. The van der Waals surface area contributed by atoms with Crippen molar-refractivity contribution in [3.8, 4) is 5.75 Å². The number of rotatable bonds is 16. The predicted molar refractivity (Wildman–Crippen MR) is 168 cm³/mol. The molecule has 2 N–H and O–H groups in total. The van der Waals surface area contributed by atoms with Crippen LogP contribution >= 0.6 is 0 Å². The average Bonchev–Trinajstić information content (AvgIpc) is 2.99. The molecule has 0 radical (unpaired) electrons. The first-order valence-corrected chi connectivity index (χ1v) is 15.7. The molecule has 1 aliphatic rings. The minimum Gasteiger partial charge on any atom is -0.489 e. The standard InChI is InChI=1S/C37H46O5/c1-26(2)28-18-16-27(17-19-28)25-42-35-14-8-7-11-30(35)21-20-29(10-5-3-4-6-15-36(38)39)33-13-9-12-31-24-32(37(40)41)22-23-34(31)33/h7-8,11,14,16-19,22-24,26,29,33H,3-6,9-10,12-13,15,20-21,25H2,1-2H3,(H,38,39)(H,40,41)/t29-,33-/m0/s1. The van der Waals surface area contributed by atoms with Crippen LogP contribution in [0.5, 0.6) is 5.75 Å². The van der Waals surface area contributed by atoms with Crippen molar-refractivity contribution < 1.29 is 24.5 Å². The Hall–Kier alpha value is -3.60. The van der Waals surface area contributed by atoms with Gasteiger partial charge in [0.1, 0.15) is 12.4 Å². The van der Waals surface area contributed by atoms with Crippen LogP contribution in [0, 0.1) is 5.92 Å². The number of ether oxygens (including phenoxy) is 1. The van der Waals surface area contributed by atoms with E-state index in [2.05, 4.69) is 62.4 Å². The van der Waals surface area contributed by atoms with Gasteiger partial charge in [-0.05, 0) is 109 Å². The van der Waals surface area contributed by atoms with Crippen LogP contribution in [0.3, 0.4) is 0 Å². The van der Waals surface area contributed by atoms with Gasteiger partial charge in [0.15, 0.2) is 0 Å². The highest BCUT2D eigenvalue weighted by atomic mass is 16.5. The molecule has 42 heavy (non-hydrogen) atoms. The molecule has 0 spiro atoms. The van der Waals surface area contributed by atoms with Gasteiger partial charge in [-0.1, -0.05) is 81.6 Å². The first-order chi connectivity index (χ1) is 20.3. The van der Waals surface area contributed by atoms with Crippen molar-refractivity contribution in [3.05, 3.63) is 100 Å². The van der Waals surface area contributed by atoms with Gasteiger partial charge in [0, 0.05) is 6.42 Å². The number of aromatic carboxylic acids is 1. The Labute approximate surface area is 250 Å². The lowest BCUT2D eigenvalue weighted by atomic mass is 9.72. The maximum atomic E-state index is 11.6. The highest BCUT2D eigenvalue weighted by Gasteiger charge is 2.28. The van der Waals surface area contributed by atoms with Crippen LogP contribution in [-0.4, -0.2) is 22.2 Å². The monoisotopic (exact) mass is 570 g/mol. The van der Waals surface area contributed by atoms with E-state index in [1.54, 1.807) is 6.07 Å². The highest BCUT2D eigenvalue weighted by molar-refractivity contribution is 5.88. The summed E-state index contributed by atoms with van der Waals surface area (Å²) in [6.45, 7) is 4.94. The number of unbranched alkanes of at least 4 members (excludes halogenated alkanes) is 3.